The minimum atomic E-state index is -0.968. The molecule has 0 atom stereocenters. The van der Waals surface area contributed by atoms with Crippen LogP contribution < -0.4 is 0 Å². The van der Waals surface area contributed by atoms with Crippen LogP contribution in [0, 0.1) is 0 Å². The summed E-state index contributed by atoms with van der Waals surface area (Å²) in [5, 5.41) is 5.66. The molecule has 0 amide bonds. The van der Waals surface area contributed by atoms with Crippen molar-refractivity contribution in [1.82, 2.24) is 0 Å². The Morgan fingerprint density at radius 2 is 0.913 bits per heavy atom. The van der Waals surface area contributed by atoms with Crippen LogP contribution in [0.2, 0.25) is 0 Å². The summed E-state index contributed by atoms with van der Waals surface area (Å²) in [6.07, 6.45) is 0. The van der Waals surface area contributed by atoms with Crippen LogP contribution in [0.5, 0.6) is 0 Å². The van der Waals surface area contributed by atoms with Crippen LogP contribution in [-0.2, 0) is 32.4 Å². The number of benzene rings is 4. The number of rotatable bonds is 4. The molecule has 0 aliphatic carbocycles. The molecule has 4 aromatic carbocycles. The van der Waals surface area contributed by atoms with Gasteiger partial charge in [-0.1, -0.05) is 0 Å². The van der Waals surface area contributed by atoms with E-state index < -0.39 is 24.6 Å². The van der Waals surface area contributed by atoms with E-state index in [2.05, 4.69) is 84.9 Å². The summed E-state index contributed by atoms with van der Waals surface area (Å²) in [5.41, 5.74) is 3.12. The average Bonchev–Trinajstić information content (AvgIpc) is 2.62. The standard InChI is InChI=1S/2C11H9.Hg/c2*1-9-5-4-7-10-6-2-3-8-11(9)10;/h2*2-8H,1H2;. The van der Waals surface area contributed by atoms with Crippen molar-refractivity contribution in [3.8, 4) is 0 Å². The van der Waals surface area contributed by atoms with Crippen LogP contribution in [0.3, 0.4) is 0 Å². The van der Waals surface area contributed by atoms with Crippen molar-refractivity contribution in [3.63, 3.8) is 0 Å². The molecule has 108 valence electrons. The molecule has 0 aliphatic rings. The predicted molar refractivity (Wildman–Crippen MR) is 95.3 cm³/mol. The third-order valence-electron chi connectivity index (χ3n) is 4.65. The zero-order valence-electron chi connectivity index (χ0n) is 13.2. The average molecular weight is 483 g/mol. The maximum absolute atomic E-state index is 2.32. The van der Waals surface area contributed by atoms with Gasteiger partial charge in [-0.15, -0.1) is 0 Å². The summed E-state index contributed by atoms with van der Waals surface area (Å²) in [6, 6.07) is 31.1. The minimum absolute atomic E-state index is 0.968. The zero-order valence-corrected chi connectivity index (χ0v) is 18.7. The van der Waals surface area contributed by atoms with E-state index in [-0.39, 0.29) is 0 Å². The Kier molecular flexibility index (Phi) is 4.43. The van der Waals surface area contributed by atoms with Crippen molar-refractivity contribution in [3.05, 3.63) is 96.1 Å². The first-order valence-corrected chi connectivity index (χ1v) is 16.1. The van der Waals surface area contributed by atoms with Crippen molar-refractivity contribution >= 4 is 21.5 Å². The number of fused-ring (bicyclic) bond motifs is 2. The topological polar surface area (TPSA) is 0 Å². The first-order valence-electron chi connectivity index (χ1n) is 8.35. The molecule has 0 radical (unpaired) electrons. The fraction of sp³-hybridized carbons (Fsp3) is 0.0909. The first kappa shape index (κ1) is 14.9. The molecule has 0 saturated heterocycles. The molecule has 0 saturated carbocycles. The molecule has 0 N–H and O–H groups in total. The van der Waals surface area contributed by atoms with Gasteiger partial charge in [0.15, 0.2) is 0 Å². The molecule has 0 heterocycles. The molecule has 0 aliphatic heterocycles. The molecule has 0 unspecified atom stereocenters. The number of hydrogen-bond acceptors (Lipinski definition) is 0. The Hall–Kier alpha value is -1.66. The predicted octanol–water partition coefficient (Wildman–Crippen LogP) is 5.78. The van der Waals surface area contributed by atoms with Crippen molar-refractivity contribution in [1.29, 1.82) is 0 Å². The first-order chi connectivity index (χ1) is 11.4. The van der Waals surface area contributed by atoms with Gasteiger partial charge in [-0.2, -0.15) is 0 Å². The van der Waals surface area contributed by atoms with Gasteiger partial charge in [-0.3, -0.25) is 0 Å². The summed E-state index contributed by atoms with van der Waals surface area (Å²) in [6.45, 7) is 0. The van der Waals surface area contributed by atoms with Crippen molar-refractivity contribution in [2.45, 2.75) is 7.86 Å². The summed E-state index contributed by atoms with van der Waals surface area (Å²) in [7, 11) is 0. The summed E-state index contributed by atoms with van der Waals surface area (Å²) in [5.74, 6) is 0. The molecule has 23 heavy (non-hydrogen) atoms. The molecule has 1 heteroatoms. The Morgan fingerprint density at radius 1 is 0.478 bits per heavy atom. The van der Waals surface area contributed by atoms with Crippen molar-refractivity contribution in [2.24, 2.45) is 0 Å². The van der Waals surface area contributed by atoms with Gasteiger partial charge < -0.3 is 0 Å². The van der Waals surface area contributed by atoms with Gasteiger partial charge in [0.25, 0.3) is 0 Å². The Balaban J connectivity index is 1.55. The van der Waals surface area contributed by atoms with E-state index in [0.29, 0.717) is 0 Å². The fourth-order valence-corrected chi connectivity index (χ4v) is 10.5. The van der Waals surface area contributed by atoms with Crippen molar-refractivity contribution in [2.75, 3.05) is 0 Å². The van der Waals surface area contributed by atoms with Gasteiger partial charge in [0.05, 0.1) is 0 Å². The summed E-state index contributed by atoms with van der Waals surface area (Å²) in [4.78, 5) is 0. The molecule has 0 bridgehead atoms. The second-order valence-corrected chi connectivity index (χ2v) is 12.8. The van der Waals surface area contributed by atoms with Crippen LogP contribution >= 0.6 is 0 Å². The van der Waals surface area contributed by atoms with Crippen LogP contribution in [0.4, 0.5) is 0 Å². The quantitative estimate of drug-likeness (QED) is 0.324. The van der Waals surface area contributed by atoms with Crippen molar-refractivity contribution < 1.29 is 24.6 Å². The van der Waals surface area contributed by atoms with E-state index >= 15 is 0 Å². The Morgan fingerprint density at radius 3 is 1.43 bits per heavy atom. The van der Waals surface area contributed by atoms with Gasteiger partial charge in [-0.25, -0.2) is 0 Å². The molecule has 0 fully saturated rings. The summed E-state index contributed by atoms with van der Waals surface area (Å²) >= 11 is -0.968. The van der Waals surface area contributed by atoms with Gasteiger partial charge >= 0.3 is 150 Å². The van der Waals surface area contributed by atoms with Gasteiger partial charge in [0.1, 0.15) is 0 Å². The molecule has 0 spiro atoms. The van der Waals surface area contributed by atoms with E-state index in [4.69, 9.17) is 0 Å². The van der Waals surface area contributed by atoms with Gasteiger partial charge in [0, 0.05) is 0 Å². The van der Waals surface area contributed by atoms with Crippen LogP contribution in [0.15, 0.2) is 84.9 Å². The third kappa shape index (κ3) is 3.18. The normalized spacial score (nSPS) is 10.8. The fourth-order valence-electron chi connectivity index (χ4n) is 3.49. The van der Waals surface area contributed by atoms with Gasteiger partial charge in [0.2, 0.25) is 0 Å². The second kappa shape index (κ2) is 6.84. The Labute approximate surface area is 149 Å². The van der Waals surface area contributed by atoms with E-state index in [9.17, 15) is 0 Å². The monoisotopic (exact) mass is 484 g/mol. The van der Waals surface area contributed by atoms with Gasteiger partial charge in [-0.05, 0) is 0 Å². The molecule has 0 aromatic heterocycles. The van der Waals surface area contributed by atoms with E-state index in [1.54, 1.807) is 11.1 Å². The summed E-state index contributed by atoms with van der Waals surface area (Å²) < 4.78 is 2.70. The second-order valence-electron chi connectivity index (χ2n) is 6.13. The zero-order chi connectivity index (χ0) is 15.5. The van der Waals surface area contributed by atoms with Crippen LogP contribution in [0.1, 0.15) is 11.1 Å². The maximum atomic E-state index is 2.32. The number of hydrogen-bond donors (Lipinski definition) is 0. The van der Waals surface area contributed by atoms with Crippen LogP contribution in [-0.4, -0.2) is 0 Å². The van der Waals surface area contributed by atoms with E-state index in [1.165, 1.54) is 29.4 Å². The molecule has 0 nitrogen and oxygen atoms in total. The Bertz CT molecular complexity index is 866. The molecular weight excluding hydrogens is 465 g/mol. The third-order valence-corrected chi connectivity index (χ3v) is 11.6. The van der Waals surface area contributed by atoms with Crippen LogP contribution in [0.25, 0.3) is 21.5 Å². The SMILES string of the molecule is c1ccc2c([CH2][Hg][CH2]c3cccc4ccccc34)cccc2c1. The molecular formula is C22H18Hg. The molecule has 4 aromatic rings. The van der Waals surface area contributed by atoms with E-state index in [0.717, 1.165) is 0 Å². The van der Waals surface area contributed by atoms with E-state index in [1.807, 2.05) is 0 Å². The molecule has 4 rings (SSSR count).